The highest BCUT2D eigenvalue weighted by atomic mass is 16.6. The predicted octanol–water partition coefficient (Wildman–Crippen LogP) is 3.69. The molecule has 2 heterocycles. The Labute approximate surface area is 123 Å². The van der Waals surface area contributed by atoms with Crippen molar-refractivity contribution >= 4 is 22.3 Å². The number of nitro benzene ring substituents is 1. The van der Waals surface area contributed by atoms with E-state index in [-0.39, 0.29) is 10.6 Å². The lowest BCUT2D eigenvalue weighted by Crippen LogP contribution is -2.34. The number of anilines is 1. The maximum atomic E-state index is 11.2. The van der Waals surface area contributed by atoms with Crippen LogP contribution in [0.15, 0.2) is 24.3 Å². The van der Waals surface area contributed by atoms with E-state index in [1.54, 1.807) is 6.07 Å². The molecule has 5 heteroatoms. The molecular formula is C16H19N3O2. The summed E-state index contributed by atoms with van der Waals surface area (Å²) >= 11 is 0. The van der Waals surface area contributed by atoms with Crippen molar-refractivity contribution in [1.82, 2.24) is 4.98 Å². The molecule has 0 spiro atoms. The van der Waals surface area contributed by atoms with E-state index >= 15 is 0 Å². The van der Waals surface area contributed by atoms with Crippen LogP contribution >= 0.6 is 0 Å². The molecule has 0 saturated carbocycles. The molecule has 1 aromatic heterocycles. The molecule has 110 valence electrons. The first-order valence-corrected chi connectivity index (χ1v) is 7.36. The van der Waals surface area contributed by atoms with Crippen molar-refractivity contribution in [2.45, 2.75) is 26.7 Å². The Hall–Kier alpha value is -2.17. The van der Waals surface area contributed by atoms with Crippen LogP contribution in [-0.4, -0.2) is 23.0 Å². The number of nitrogens with zero attached hydrogens (tertiary/aromatic N) is 3. The monoisotopic (exact) mass is 285 g/mol. The highest BCUT2D eigenvalue weighted by Crippen LogP contribution is 2.34. The molecule has 2 aromatic rings. The Bertz CT molecular complexity index is 699. The molecule has 21 heavy (non-hydrogen) atoms. The standard InChI is InChI=1S/C16H19N3O2/c1-11-5-4-8-18(10-11)15-9-12(2)17-16-13(15)6-3-7-14(16)19(20)21/h3,6-7,9,11H,4-5,8,10H2,1-2H3. The molecular weight excluding hydrogens is 266 g/mol. The first kappa shape index (κ1) is 13.8. The number of para-hydroxylation sites is 1. The molecule has 0 amide bonds. The Balaban J connectivity index is 2.18. The van der Waals surface area contributed by atoms with Gasteiger partial charge in [0.05, 0.1) is 4.92 Å². The van der Waals surface area contributed by atoms with Crippen LogP contribution in [0.3, 0.4) is 0 Å². The molecule has 0 bridgehead atoms. The molecule has 1 unspecified atom stereocenters. The number of aryl methyl sites for hydroxylation is 1. The Kier molecular flexibility index (Phi) is 3.49. The van der Waals surface area contributed by atoms with Crippen molar-refractivity contribution in [3.05, 3.63) is 40.1 Å². The predicted molar refractivity (Wildman–Crippen MR) is 83.7 cm³/mol. The third-order valence-corrected chi connectivity index (χ3v) is 4.12. The van der Waals surface area contributed by atoms with Crippen LogP contribution in [0.25, 0.3) is 10.9 Å². The van der Waals surface area contributed by atoms with Crippen LogP contribution in [0.1, 0.15) is 25.5 Å². The second-order valence-corrected chi connectivity index (χ2v) is 5.91. The zero-order chi connectivity index (χ0) is 15.0. The van der Waals surface area contributed by atoms with Gasteiger partial charge in [0.1, 0.15) is 0 Å². The quantitative estimate of drug-likeness (QED) is 0.623. The Morgan fingerprint density at radius 3 is 2.95 bits per heavy atom. The van der Waals surface area contributed by atoms with Gasteiger partial charge in [-0.05, 0) is 31.7 Å². The second kappa shape index (κ2) is 5.31. The summed E-state index contributed by atoms with van der Waals surface area (Å²) in [5.41, 5.74) is 2.48. The van der Waals surface area contributed by atoms with Gasteiger partial charge >= 0.3 is 0 Å². The lowest BCUT2D eigenvalue weighted by molar-refractivity contribution is -0.383. The molecule has 1 aliphatic heterocycles. The minimum Gasteiger partial charge on any atom is -0.371 e. The first-order valence-electron chi connectivity index (χ1n) is 7.36. The fourth-order valence-electron chi connectivity index (χ4n) is 3.16. The molecule has 0 radical (unpaired) electrons. The zero-order valence-electron chi connectivity index (χ0n) is 12.4. The molecule has 0 N–H and O–H groups in total. The van der Waals surface area contributed by atoms with Gasteiger partial charge in [0.15, 0.2) is 5.52 Å². The summed E-state index contributed by atoms with van der Waals surface area (Å²) in [5, 5.41) is 12.1. The average molecular weight is 285 g/mol. The van der Waals surface area contributed by atoms with Crippen molar-refractivity contribution in [2.24, 2.45) is 5.92 Å². The summed E-state index contributed by atoms with van der Waals surface area (Å²) in [6.45, 7) is 6.16. The van der Waals surface area contributed by atoms with E-state index in [1.807, 2.05) is 19.1 Å². The summed E-state index contributed by atoms with van der Waals surface area (Å²) < 4.78 is 0. The summed E-state index contributed by atoms with van der Waals surface area (Å²) in [7, 11) is 0. The number of rotatable bonds is 2. The van der Waals surface area contributed by atoms with Crippen LogP contribution in [0.5, 0.6) is 0 Å². The number of benzene rings is 1. The summed E-state index contributed by atoms with van der Waals surface area (Å²) in [6.07, 6.45) is 2.41. The van der Waals surface area contributed by atoms with Crippen LogP contribution in [0.4, 0.5) is 11.4 Å². The Morgan fingerprint density at radius 1 is 1.43 bits per heavy atom. The molecule has 1 fully saturated rings. The number of nitro groups is 1. The smallest absolute Gasteiger partial charge is 0.295 e. The minimum atomic E-state index is -0.350. The van der Waals surface area contributed by atoms with Crippen LogP contribution in [0, 0.1) is 23.0 Å². The summed E-state index contributed by atoms with van der Waals surface area (Å²) in [5.74, 6) is 0.654. The number of aromatic nitrogens is 1. The number of hydrogen-bond acceptors (Lipinski definition) is 4. The molecule has 1 aliphatic rings. The number of non-ortho nitro benzene ring substituents is 1. The zero-order valence-corrected chi connectivity index (χ0v) is 12.4. The lowest BCUT2D eigenvalue weighted by Gasteiger charge is -2.33. The van der Waals surface area contributed by atoms with E-state index < -0.39 is 0 Å². The van der Waals surface area contributed by atoms with E-state index in [0.29, 0.717) is 11.4 Å². The van der Waals surface area contributed by atoms with Gasteiger partial charge in [-0.15, -0.1) is 0 Å². The number of pyridine rings is 1. The van der Waals surface area contributed by atoms with Crippen molar-refractivity contribution in [1.29, 1.82) is 0 Å². The fourth-order valence-corrected chi connectivity index (χ4v) is 3.16. The van der Waals surface area contributed by atoms with Crippen molar-refractivity contribution in [3.63, 3.8) is 0 Å². The van der Waals surface area contributed by atoms with Gasteiger partial charge in [-0.1, -0.05) is 19.1 Å². The highest BCUT2D eigenvalue weighted by Gasteiger charge is 2.21. The largest absolute Gasteiger partial charge is 0.371 e. The van der Waals surface area contributed by atoms with Crippen molar-refractivity contribution in [3.8, 4) is 0 Å². The van der Waals surface area contributed by atoms with Crippen molar-refractivity contribution in [2.75, 3.05) is 18.0 Å². The molecule has 1 atom stereocenters. The minimum absolute atomic E-state index is 0.0857. The first-order chi connectivity index (χ1) is 10.1. The van der Waals surface area contributed by atoms with Gasteiger partial charge in [-0.2, -0.15) is 0 Å². The number of piperidine rings is 1. The maximum absolute atomic E-state index is 11.2. The molecule has 1 aromatic carbocycles. The number of fused-ring (bicyclic) bond motifs is 1. The molecule has 0 aliphatic carbocycles. The third-order valence-electron chi connectivity index (χ3n) is 4.12. The summed E-state index contributed by atoms with van der Waals surface area (Å²) in [6, 6.07) is 7.25. The SMILES string of the molecule is Cc1cc(N2CCCC(C)C2)c2cccc([N+](=O)[O-])c2n1. The third kappa shape index (κ3) is 2.55. The average Bonchev–Trinajstić information content (AvgIpc) is 2.45. The molecule has 1 saturated heterocycles. The topological polar surface area (TPSA) is 59.3 Å². The fraction of sp³-hybridized carbons (Fsp3) is 0.438. The van der Waals surface area contributed by atoms with Crippen LogP contribution < -0.4 is 4.90 Å². The van der Waals surface area contributed by atoms with Gasteiger partial charge < -0.3 is 4.90 Å². The van der Waals surface area contributed by atoms with Crippen molar-refractivity contribution < 1.29 is 4.92 Å². The van der Waals surface area contributed by atoms with Gasteiger partial charge in [0.25, 0.3) is 5.69 Å². The van der Waals surface area contributed by atoms with Crippen LogP contribution in [-0.2, 0) is 0 Å². The van der Waals surface area contributed by atoms with Gasteiger partial charge in [-0.3, -0.25) is 10.1 Å². The Morgan fingerprint density at radius 2 is 2.24 bits per heavy atom. The van der Waals surface area contributed by atoms with Gasteiger partial charge in [0.2, 0.25) is 0 Å². The van der Waals surface area contributed by atoms with E-state index in [9.17, 15) is 10.1 Å². The van der Waals surface area contributed by atoms with Crippen LogP contribution in [0.2, 0.25) is 0 Å². The van der Waals surface area contributed by atoms with E-state index in [2.05, 4.69) is 16.8 Å². The molecule has 5 nitrogen and oxygen atoms in total. The normalized spacial score (nSPS) is 19.0. The molecule has 3 rings (SSSR count). The van der Waals surface area contributed by atoms with E-state index in [1.165, 1.54) is 18.9 Å². The second-order valence-electron chi connectivity index (χ2n) is 5.91. The number of hydrogen-bond donors (Lipinski definition) is 0. The van der Waals surface area contributed by atoms with Gasteiger partial charge in [0, 0.05) is 35.9 Å². The van der Waals surface area contributed by atoms with E-state index in [0.717, 1.165) is 29.9 Å². The summed E-state index contributed by atoms with van der Waals surface area (Å²) in [4.78, 5) is 17.6. The maximum Gasteiger partial charge on any atom is 0.295 e. The lowest BCUT2D eigenvalue weighted by atomic mass is 9.99. The van der Waals surface area contributed by atoms with E-state index in [4.69, 9.17) is 0 Å². The highest BCUT2D eigenvalue weighted by molar-refractivity contribution is 5.97. The van der Waals surface area contributed by atoms with Gasteiger partial charge in [-0.25, -0.2) is 4.98 Å².